The van der Waals surface area contributed by atoms with Gasteiger partial charge in [-0.3, -0.25) is 4.79 Å². The molecule has 5 nitrogen and oxygen atoms in total. The van der Waals surface area contributed by atoms with Crippen molar-refractivity contribution in [2.45, 2.75) is 45.1 Å². The van der Waals surface area contributed by atoms with Crippen LogP contribution in [0.4, 0.5) is 11.6 Å². The molecule has 2 N–H and O–H groups in total. The maximum Gasteiger partial charge on any atom is 0.254 e. The molecule has 2 aromatic rings. The quantitative estimate of drug-likeness (QED) is 0.905. The van der Waals surface area contributed by atoms with Gasteiger partial charge in [-0.15, -0.1) is 0 Å². The number of hydrogen-bond acceptors (Lipinski definition) is 4. The van der Waals surface area contributed by atoms with Crippen molar-refractivity contribution in [2.75, 3.05) is 5.32 Å². The minimum Gasteiger partial charge on any atom is -0.349 e. The summed E-state index contributed by atoms with van der Waals surface area (Å²) in [4.78, 5) is 20.7. The van der Waals surface area contributed by atoms with Crippen LogP contribution >= 0.6 is 0 Å². The predicted octanol–water partition coefficient (Wildman–Crippen LogP) is 3.59. The van der Waals surface area contributed by atoms with Crippen molar-refractivity contribution in [2.24, 2.45) is 0 Å². The second-order valence-corrected chi connectivity index (χ2v) is 6.10. The summed E-state index contributed by atoms with van der Waals surface area (Å²) in [5.74, 6) is 0.406. The monoisotopic (exact) mass is 310 g/mol. The fourth-order valence-electron chi connectivity index (χ4n) is 2.88. The Kier molecular flexibility index (Phi) is 4.86. The number of nitrogens with one attached hydrogen (secondary N) is 2. The maximum atomic E-state index is 12.2. The average molecular weight is 310 g/mol. The van der Waals surface area contributed by atoms with E-state index in [0.29, 0.717) is 17.6 Å². The molecule has 1 fully saturated rings. The number of amides is 1. The number of aromatic nitrogens is 2. The first-order valence-corrected chi connectivity index (χ1v) is 8.17. The van der Waals surface area contributed by atoms with E-state index in [2.05, 4.69) is 20.6 Å². The summed E-state index contributed by atoms with van der Waals surface area (Å²) in [6.07, 6.45) is 8.95. The number of rotatable bonds is 4. The van der Waals surface area contributed by atoms with Gasteiger partial charge < -0.3 is 10.6 Å². The molecule has 1 aliphatic carbocycles. The SMILES string of the molecule is Cc1cccc(Nc2ncc(C(=O)NC3CCCCC3)cn2)c1. The Hall–Kier alpha value is -2.43. The normalized spacial score (nSPS) is 15.2. The zero-order valence-corrected chi connectivity index (χ0v) is 13.4. The van der Waals surface area contributed by atoms with Crippen LogP contribution in [0.5, 0.6) is 0 Å². The maximum absolute atomic E-state index is 12.2. The predicted molar refractivity (Wildman–Crippen MR) is 90.8 cm³/mol. The van der Waals surface area contributed by atoms with Gasteiger partial charge in [-0.25, -0.2) is 9.97 Å². The van der Waals surface area contributed by atoms with Crippen LogP contribution in [0.2, 0.25) is 0 Å². The zero-order valence-electron chi connectivity index (χ0n) is 13.4. The molecule has 0 radical (unpaired) electrons. The van der Waals surface area contributed by atoms with Gasteiger partial charge in [-0.05, 0) is 37.5 Å². The van der Waals surface area contributed by atoms with Gasteiger partial charge in [0, 0.05) is 24.1 Å². The molecule has 23 heavy (non-hydrogen) atoms. The molecule has 1 saturated carbocycles. The van der Waals surface area contributed by atoms with Crippen molar-refractivity contribution in [3.8, 4) is 0 Å². The molecule has 0 bridgehead atoms. The number of aryl methyl sites for hydroxylation is 1. The standard InChI is InChI=1S/C18H22N4O/c1-13-6-5-9-16(10-13)22-18-19-11-14(12-20-18)17(23)21-15-7-3-2-4-8-15/h5-6,9-12,15H,2-4,7-8H2,1H3,(H,21,23)(H,19,20,22). The molecule has 0 atom stereocenters. The Morgan fingerprint density at radius 1 is 1.13 bits per heavy atom. The molecule has 1 heterocycles. The smallest absolute Gasteiger partial charge is 0.254 e. The van der Waals surface area contributed by atoms with E-state index in [9.17, 15) is 4.79 Å². The van der Waals surface area contributed by atoms with Gasteiger partial charge in [-0.2, -0.15) is 0 Å². The van der Waals surface area contributed by atoms with Crippen molar-refractivity contribution in [1.82, 2.24) is 15.3 Å². The number of carbonyl (C=O) groups excluding carboxylic acids is 1. The third-order valence-electron chi connectivity index (χ3n) is 4.13. The fraction of sp³-hybridized carbons (Fsp3) is 0.389. The molecular formula is C18H22N4O. The first-order valence-electron chi connectivity index (χ1n) is 8.17. The summed E-state index contributed by atoms with van der Waals surface area (Å²) in [6, 6.07) is 8.28. The molecule has 5 heteroatoms. The van der Waals surface area contributed by atoms with Crippen molar-refractivity contribution in [1.29, 1.82) is 0 Å². The molecule has 0 saturated heterocycles. The second kappa shape index (κ2) is 7.22. The van der Waals surface area contributed by atoms with Crippen LogP contribution in [-0.2, 0) is 0 Å². The lowest BCUT2D eigenvalue weighted by atomic mass is 9.95. The number of nitrogens with zero attached hydrogens (tertiary/aromatic N) is 2. The Morgan fingerprint density at radius 2 is 1.87 bits per heavy atom. The molecule has 1 aliphatic rings. The molecule has 0 unspecified atom stereocenters. The van der Waals surface area contributed by atoms with E-state index in [4.69, 9.17) is 0 Å². The fourth-order valence-corrected chi connectivity index (χ4v) is 2.88. The molecule has 120 valence electrons. The summed E-state index contributed by atoms with van der Waals surface area (Å²) in [6.45, 7) is 2.03. The van der Waals surface area contributed by atoms with E-state index in [-0.39, 0.29) is 5.91 Å². The van der Waals surface area contributed by atoms with E-state index in [1.165, 1.54) is 24.8 Å². The molecular weight excluding hydrogens is 288 g/mol. The highest BCUT2D eigenvalue weighted by molar-refractivity contribution is 5.93. The van der Waals surface area contributed by atoms with E-state index in [1.54, 1.807) is 12.4 Å². The van der Waals surface area contributed by atoms with Crippen LogP contribution in [0.1, 0.15) is 48.0 Å². The highest BCUT2D eigenvalue weighted by Crippen LogP contribution is 2.18. The van der Waals surface area contributed by atoms with E-state index in [0.717, 1.165) is 18.5 Å². The molecule has 1 aromatic carbocycles. The minimum atomic E-state index is -0.0843. The van der Waals surface area contributed by atoms with Gasteiger partial charge in [0.1, 0.15) is 0 Å². The van der Waals surface area contributed by atoms with Crippen LogP contribution in [0.25, 0.3) is 0 Å². The van der Waals surface area contributed by atoms with Crippen LogP contribution in [0.15, 0.2) is 36.7 Å². The molecule has 0 aliphatic heterocycles. The summed E-state index contributed by atoms with van der Waals surface area (Å²) < 4.78 is 0. The molecule has 0 spiro atoms. The summed E-state index contributed by atoms with van der Waals surface area (Å²) in [7, 11) is 0. The minimum absolute atomic E-state index is 0.0843. The second-order valence-electron chi connectivity index (χ2n) is 6.10. The first-order chi connectivity index (χ1) is 11.2. The van der Waals surface area contributed by atoms with Crippen LogP contribution < -0.4 is 10.6 Å². The molecule has 1 amide bonds. The van der Waals surface area contributed by atoms with E-state index in [1.807, 2.05) is 31.2 Å². The number of benzene rings is 1. The third-order valence-corrected chi connectivity index (χ3v) is 4.13. The summed E-state index contributed by atoms with van der Waals surface area (Å²) in [5.41, 5.74) is 2.60. The van der Waals surface area contributed by atoms with Gasteiger partial charge >= 0.3 is 0 Å². The lowest BCUT2D eigenvalue weighted by Crippen LogP contribution is -2.36. The van der Waals surface area contributed by atoms with E-state index >= 15 is 0 Å². The number of anilines is 2. The highest BCUT2D eigenvalue weighted by atomic mass is 16.1. The Morgan fingerprint density at radius 3 is 2.57 bits per heavy atom. The first kappa shape index (κ1) is 15.5. The van der Waals surface area contributed by atoms with Gasteiger partial charge in [0.15, 0.2) is 0 Å². The van der Waals surface area contributed by atoms with Crippen molar-refractivity contribution in [3.63, 3.8) is 0 Å². The van der Waals surface area contributed by atoms with Gasteiger partial charge in [0.05, 0.1) is 5.56 Å². The van der Waals surface area contributed by atoms with Gasteiger partial charge in [-0.1, -0.05) is 31.4 Å². The van der Waals surface area contributed by atoms with Crippen LogP contribution in [0.3, 0.4) is 0 Å². The topological polar surface area (TPSA) is 66.9 Å². The van der Waals surface area contributed by atoms with E-state index < -0.39 is 0 Å². The van der Waals surface area contributed by atoms with Crippen molar-refractivity contribution in [3.05, 3.63) is 47.8 Å². The lowest BCUT2D eigenvalue weighted by molar-refractivity contribution is 0.0927. The largest absolute Gasteiger partial charge is 0.349 e. The van der Waals surface area contributed by atoms with Crippen LogP contribution in [-0.4, -0.2) is 21.9 Å². The van der Waals surface area contributed by atoms with Crippen LogP contribution in [0, 0.1) is 6.92 Å². The summed E-state index contributed by atoms with van der Waals surface area (Å²) >= 11 is 0. The number of hydrogen-bond donors (Lipinski definition) is 2. The van der Waals surface area contributed by atoms with Crippen molar-refractivity contribution < 1.29 is 4.79 Å². The van der Waals surface area contributed by atoms with Crippen molar-refractivity contribution >= 4 is 17.5 Å². The number of carbonyl (C=O) groups is 1. The third kappa shape index (κ3) is 4.28. The Bertz CT molecular complexity index is 663. The lowest BCUT2D eigenvalue weighted by Gasteiger charge is -2.22. The Balaban J connectivity index is 1.61. The molecule has 1 aromatic heterocycles. The zero-order chi connectivity index (χ0) is 16.1. The average Bonchev–Trinajstić information content (AvgIpc) is 2.56. The highest BCUT2D eigenvalue weighted by Gasteiger charge is 2.17. The van der Waals surface area contributed by atoms with Gasteiger partial charge in [0.2, 0.25) is 5.95 Å². The Labute approximate surface area is 136 Å². The molecule has 3 rings (SSSR count). The summed E-state index contributed by atoms with van der Waals surface area (Å²) in [5, 5.41) is 6.21. The van der Waals surface area contributed by atoms with Gasteiger partial charge in [0.25, 0.3) is 5.91 Å².